The van der Waals surface area contributed by atoms with Crippen molar-refractivity contribution in [2.45, 2.75) is 182 Å². The van der Waals surface area contributed by atoms with E-state index >= 15 is 0 Å². The number of rotatable bonds is 31. The second-order valence-electron chi connectivity index (χ2n) is 33.0. The lowest BCUT2D eigenvalue weighted by molar-refractivity contribution is -0.136. The van der Waals surface area contributed by atoms with Crippen LogP contribution < -0.4 is 57.3 Å². The van der Waals surface area contributed by atoms with E-state index in [4.69, 9.17) is 37.1 Å². The quantitative estimate of drug-likeness (QED) is 0.0202. The number of aromatic nitrogens is 8. The van der Waals surface area contributed by atoms with Crippen LogP contribution in [0.5, 0.6) is 12.0 Å². The van der Waals surface area contributed by atoms with Gasteiger partial charge in [0.1, 0.15) is 53.1 Å². The van der Waals surface area contributed by atoms with Gasteiger partial charge in [-0.15, -0.1) is 0 Å². The van der Waals surface area contributed by atoms with Crippen LogP contribution in [0.15, 0.2) is 97.1 Å². The first-order valence-electron chi connectivity index (χ1n) is 44.0. The lowest BCUT2D eigenvalue weighted by atomic mass is 10.0. The summed E-state index contributed by atoms with van der Waals surface area (Å²) in [7, 11) is 3.23. The fourth-order valence-corrected chi connectivity index (χ4v) is 16.7. The topological polar surface area (TPSA) is 430 Å². The summed E-state index contributed by atoms with van der Waals surface area (Å²) in [5.74, 6) is -2.47. The Bertz CT molecular complexity index is 5120. The van der Waals surface area contributed by atoms with Gasteiger partial charge in [-0.05, 0) is 167 Å². The number of carbonyl (C=O) groups is 9. The van der Waals surface area contributed by atoms with E-state index in [2.05, 4.69) is 121 Å². The van der Waals surface area contributed by atoms with Crippen LogP contribution in [0.1, 0.15) is 182 Å². The summed E-state index contributed by atoms with van der Waals surface area (Å²) in [6, 6.07) is 32.5. The predicted molar refractivity (Wildman–Crippen MR) is 478 cm³/mol. The Labute approximate surface area is 734 Å². The number of Topliss-reactive ketones (excluding diaryl/α,β-unsaturated/α-hetero) is 4. The molecule has 0 bridgehead atoms. The molecule has 4 fully saturated rings. The van der Waals surface area contributed by atoms with E-state index in [-0.39, 0.29) is 111 Å². The van der Waals surface area contributed by atoms with Gasteiger partial charge < -0.3 is 47.4 Å². The Morgan fingerprint density at radius 1 is 0.389 bits per heavy atom. The lowest BCUT2D eigenvalue weighted by Crippen LogP contribution is -2.43. The molecule has 126 heavy (non-hydrogen) atoms. The molecule has 0 radical (unpaired) electrons. The first-order chi connectivity index (χ1) is 61.0. The number of likely N-dealkylation sites (tertiary alicyclic amines) is 4. The number of carbonyl (C=O) groups excluding carboxylic acids is 9. The molecule has 16 rings (SSSR count). The second kappa shape index (κ2) is 43.5. The van der Waals surface area contributed by atoms with Crippen LogP contribution in [0, 0.1) is 0 Å². The molecule has 0 atom stereocenters. The number of nitrogens with one attached hydrogen (secondary N) is 1. The first-order valence-corrected chi connectivity index (χ1v) is 44.0. The number of amides is 5. The second-order valence-corrected chi connectivity index (χ2v) is 33.0. The van der Waals surface area contributed by atoms with Crippen molar-refractivity contribution < 1.29 is 57.4 Å². The van der Waals surface area contributed by atoms with Gasteiger partial charge in [-0.25, -0.2) is 9.97 Å². The summed E-state index contributed by atoms with van der Waals surface area (Å²) < 4.78 is 16.1. The number of nitrogens with two attached hydrogens (primary N) is 4. The van der Waals surface area contributed by atoms with Crippen LogP contribution >= 0.6 is 0 Å². The van der Waals surface area contributed by atoms with Crippen LogP contribution in [-0.2, 0) is 121 Å². The normalized spacial score (nSPS) is 16.5. The molecule has 8 aliphatic rings. The molecule has 5 amide bonds. The number of hydrogen-bond acceptors (Lipinski definition) is 29. The molecule has 666 valence electrons. The number of unbranched alkanes of at least 4 members (excludes halogenated alkanes) is 2. The maximum Gasteiger partial charge on any atom is 0.320 e. The molecule has 8 aliphatic heterocycles. The van der Waals surface area contributed by atoms with E-state index in [9.17, 15) is 43.2 Å². The van der Waals surface area contributed by atoms with E-state index in [0.29, 0.717) is 65.4 Å². The largest absolute Gasteiger partial charge is 0.463 e. The van der Waals surface area contributed by atoms with Crippen LogP contribution in [-0.4, -0.2) is 216 Å². The number of fused-ring (bicyclic) bond motifs is 4. The zero-order chi connectivity index (χ0) is 88.9. The molecule has 4 aromatic heterocycles. The van der Waals surface area contributed by atoms with Gasteiger partial charge in [0.25, 0.3) is 29.5 Å². The summed E-state index contributed by atoms with van der Waals surface area (Å²) in [4.78, 5) is 165. The van der Waals surface area contributed by atoms with E-state index in [1.807, 2.05) is 61.5 Å². The highest BCUT2D eigenvalue weighted by Crippen LogP contribution is 2.37. The lowest BCUT2D eigenvalue weighted by Gasteiger charge is -2.29. The van der Waals surface area contributed by atoms with Crippen molar-refractivity contribution in [1.29, 1.82) is 0 Å². The third-order valence-corrected chi connectivity index (χ3v) is 23.3. The number of anilines is 9. The average Bonchev–Trinajstić information content (AvgIpc) is 0.845. The molecule has 4 saturated heterocycles. The average molecular weight is 1720 g/mol. The minimum atomic E-state index is -0.647. The van der Waals surface area contributed by atoms with Gasteiger partial charge in [0.15, 0.2) is 0 Å². The smallest absolute Gasteiger partial charge is 0.320 e. The molecular formula is C92H116N22O12. The molecule has 8 aromatic rings. The van der Waals surface area contributed by atoms with Crippen LogP contribution in [0.4, 0.5) is 52.5 Å². The van der Waals surface area contributed by atoms with E-state index < -0.39 is 46.8 Å². The molecular weight excluding hydrogens is 1610 g/mol. The SMILES string of the molecule is CCCCNc1nc(N)c2c(n1)N(Cc1cccc(CN3CCCC3)c1)C(=O)C(=O)C2.CCCCOc1nc(N)c2c(n1)N(Cc1ccccc1CN1CCCC1)C(=O)C(=O)C2.CCCN(C)C(=O)c1nc(N)c2c(n1)N(Cc1cccc(CN3CCCC3)c1)C(=O)C(=O)C2.COCCOc1nc(N)c2c(n1)N(Cc1cccc(CN3CCCC3)c1)C(=O)C(=O)C2. The standard InChI is InChI=1S/C24H30N6O3.C23H30N6O2.C23H29N5O3.C22H27N5O4/c1-3-9-28(2)24(33)21-26-20(25)18-13-19(31)23(32)30(22(18)27-21)15-17-8-6-7-16(12-17)14-29-10-4-5-11-29;1-2-3-9-25-23-26-20(24)18-13-19(30)22(31)29(21(18)27-23)15-17-8-6-7-16(12-17)14-28-10-4-5-11-28;1-2-3-12-31-23-25-20(24)18-13-19(29)22(30)28(21(18)26-23)15-17-9-5-4-8-16(17)14-27-10-6-7-11-27;1-30-9-10-31-22-24-19(23)17-12-18(28)21(29)27(20(17)25-22)14-16-6-4-5-15(11-16)13-26-7-2-3-8-26/h6-8,12H,3-5,9-11,13-15H2,1-2H3,(H2,25,26,27);6-8,12H,2-5,9-11,13-15H2,1H3,(H3,24,25,26,27);4-5,8-9H,2-3,6-7,10-15H2,1H3,(H2,24,25,26);4-6,11H,2-3,7-10,12-14H2,1H3,(H2,23,24,25). The zero-order valence-corrected chi connectivity index (χ0v) is 72.9. The third-order valence-electron chi connectivity index (χ3n) is 23.3. The first kappa shape index (κ1) is 91.3. The van der Waals surface area contributed by atoms with Gasteiger partial charge in [0.2, 0.25) is 34.9 Å². The molecule has 9 N–H and O–H groups in total. The molecule has 0 unspecified atom stereocenters. The Hall–Kier alpha value is -12.4. The maximum atomic E-state index is 12.9. The van der Waals surface area contributed by atoms with Crippen molar-refractivity contribution in [1.82, 2.24) is 64.4 Å². The number of nitrogens with zero attached hydrogens (tertiary/aromatic N) is 17. The number of nitrogen functional groups attached to an aromatic ring is 4. The van der Waals surface area contributed by atoms with Crippen molar-refractivity contribution in [3.05, 3.63) is 170 Å². The Morgan fingerprint density at radius 2 is 0.738 bits per heavy atom. The van der Waals surface area contributed by atoms with Crippen LogP contribution in [0.2, 0.25) is 0 Å². The Kier molecular flexibility index (Phi) is 31.5. The number of benzene rings is 4. The van der Waals surface area contributed by atoms with E-state index in [1.165, 1.54) is 87.0 Å². The van der Waals surface area contributed by atoms with Crippen molar-refractivity contribution in [2.24, 2.45) is 0 Å². The highest BCUT2D eigenvalue weighted by Gasteiger charge is 2.40. The summed E-state index contributed by atoms with van der Waals surface area (Å²) in [5, 5.41) is 3.17. The van der Waals surface area contributed by atoms with Crippen molar-refractivity contribution in [3.63, 3.8) is 0 Å². The minimum absolute atomic E-state index is 0.0548. The van der Waals surface area contributed by atoms with Crippen LogP contribution in [0.25, 0.3) is 0 Å². The van der Waals surface area contributed by atoms with Gasteiger partial charge in [0, 0.05) is 101 Å². The molecule has 0 spiro atoms. The highest BCUT2D eigenvalue weighted by molar-refractivity contribution is 6.45. The predicted octanol–water partition coefficient (Wildman–Crippen LogP) is 8.15. The molecule has 0 saturated carbocycles. The molecule has 12 heterocycles. The highest BCUT2D eigenvalue weighted by atomic mass is 16.5. The Balaban J connectivity index is 0.000000144. The van der Waals surface area contributed by atoms with Gasteiger partial charge in [-0.3, -0.25) is 82.4 Å². The summed E-state index contributed by atoms with van der Waals surface area (Å²) in [5.41, 5.74) is 34.8. The van der Waals surface area contributed by atoms with E-state index in [1.54, 1.807) is 14.2 Å². The number of hydrogen-bond donors (Lipinski definition) is 5. The zero-order valence-electron chi connectivity index (χ0n) is 72.9. The number of ether oxygens (including phenoxy) is 3. The third kappa shape index (κ3) is 23.2. The van der Waals surface area contributed by atoms with E-state index in [0.717, 1.165) is 151 Å². The molecule has 0 aliphatic carbocycles. The fourth-order valence-electron chi connectivity index (χ4n) is 16.7. The van der Waals surface area contributed by atoms with Gasteiger partial charge in [-0.1, -0.05) is 131 Å². The number of methoxy groups -OCH3 is 1. The Morgan fingerprint density at radius 3 is 1.13 bits per heavy atom. The summed E-state index contributed by atoms with van der Waals surface area (Å²) in [6.45, 7) is 21.7. The molecule has 34 nitrogen and oxygen atoms in total. The van der Waals surface area contributed by atoms with Crippen molar-refractivity contribution in [2.75, 3.05) is 147 Å². The number of ketones is 4. The fraction of sp³-hybridized carbons (Fsp3) is 0.467. The maximum absolute atomic E-state index is 12.9. The molecule has 4 aromatic carbocycles. The molecule has 34 heteroatoms. The van der Waals surface area contributed by atoms with Gasteiger partial charge in [-0.2, -0.15) is 29.9 Å². The monoisotopic (exact) mass is 1720 g/mol. The van der Waals surface area contributed by atoms with Crippen molar-refractivity contribution in [3.8, 4) is 12.0 Å². The van der Waals surface area contributed by atoms with Crippen molar-refractivity contribution >= 4 is 105 Å². The minimum Gasteiger partial charge on any atom is -0.463 e. The van der Waals surface area contributed by atoms with Crippen LogP contribution in [0.3, 0.4) is 0 Å². The summed E-state index contributed by atoms with van der Waals surface area (Å²) in [6.07, 6.45) is 14.1. The van der Waals surface area contributed by atoms with Gasteiger partial charge >= 0.3 is 12.0 Å². The van der Waals surface area contributed by atoms with Gasteiger partial charge in [0.05, 0.1) is 39.4 Å². The summed E-state index contributed by atoms with van der Waals surface area (Å²) >= 11 is 0.